The van der Waals surface area contributed by atoms with Gasteiger partial charge in [0.1, 0.15) is 17.0 Å². The van der Waals surface area contributed by atoms with Crippen LogP contribution in [-0.2, 0) is 16.6 Å². The average Bonchev–Trinajstić information content (AvgIpc) is 3.03. The molecule has 0 aliphatic rings. The fraction of sp³-hybridized carbons (Fsp3) is 0.409. The molecule has 1 N–H and O–H groups in total. The second kappa shape index (κ2) is 10.3. The monoisotopic (exact) mass is 511 g/mol. The molecule has 0 atom stereocenters. The van der Waals surface area contributed by atoms with Crippen molar-refractivity contribution in [1.29, 1.82) is 0 Å². The smallest absolute Gasteiger partial charge is 0.283 e. The van der Waals surface area contributed by atoms with Crippen LogP contribution in [0.4, 0.5) is 5.69 Å². The second-order valence-electron chi connectivity index (χ2n) is 8.03. The first-order chi connectivity index (χ1) is 15.5. The molecule has 2 aromatic heterocycles. The maximum atomic E-state index is 12.6. The van der Waals surface area contributed by atoms with Crippen molar-refractivity contribution in [3.05, 3.63) is 51.4 Å². The number of pyridine rings is 1. The number of sulfonamides is 1. The second-order valence-corrected chi connectivity index (χ2v) is 10.7. The number of aryl methyl sites for hydroxylation is 1. The van der Waals surface area contributed by atoms with Crippen molar-refractivity contribution in [2.45, 2.75) is 39.7 Å². The highest BCUT2D eigenvalue weighted by Crippen LogP contribution is 2.32. The molecule has 0 unspecified atom stereocenters. The van der Waals surface area contributed by atoms with Gasteiger partial charge in [0.05, 0.1) is 23.0 Å². The molecular weight excluding hydrogens is 485 g/mol. The molecule has 1 aromatic carbocycles. The van der Waals surface area contributed by atoms with Gasteiger partial charge in [-0.3, -0.25) is 4.79 Å². The van der Waals surface area contributed by atoms with E-state index in [1.807, 2.05) is 43.5 Å². The predicted molar refractivity (Wildman–Crippen MR) is 133 cm³/mol. The van der Waals surface area contributed by atoms with E-state index in [1.165, 1.54) is 6.07 Å². The van der Waals surface area contributed by atoms with Gasteiger partial charge in [0.2, 0.25) is 10.0 Å². The number of imidazole rings is 1. The molecule has 0 aliphatic heterocycles. The molecule has 178 valence electrons. The zero-order chi connectivity index (χ0) is 24.3. The number of carbonyl (C=O) groups excluding carboxylic acids is 1. The zero-order valence-electron chi connectivity index (χ0n) is 19.0. The fourth-order valence-electron chi connectivity index (χ4n) is 3.43. The number of hydrogen-bond acceptors (Lipinski definition) is 6. The van der Waals surface area contributed by atoms with E-state index in [1.54, 1.807) is 12.1 Å². The third-order valence-corrected chi connectivity index (χ3v) is 7.18. The van der Waals surface area contributed by atoms with Gasteiger partial charge in [-0.2, -0.15) is 0 Å². The summed E-state index contributed by atoms with van der Waals surface area (Å²) >= 11 is 12.7. The van der Waals surface area contributed by atoms with Crippen LogP contribution in [0.2, 0.25) is 10.0 Å². The number of benzene rings is 1. The summed E-state index contributed by atoms with van der Waals surface area (Å²) in [5.41, 5.74) is 2.68. The maximum absolute atomic E-state index is 12.6. The van der Waals surface area contributed by atoms with Gasteiger partial charge in [0, 0.05) is 19.1 Å². The summed E-state index contributed by atoms with van der Waals surface area (Å²) in [4.78, 5) is 23.4. The normalized spacial score (nSPS) is 11.7. The van der Waals surface area contributed by atoms with Gasteiger partial charge < -0.3 is 9.47 Å². The minimum atomic E-state index is -3.73. The number of rotatable bonds is 9. The first-order valence-corrected chi connectivity index (χ1v) is 13.0. The van der Waals surface area contributed by atoms with Crippen molar-refractivity contribution in [3.8, 4) is 0 Å². The molecule has 1 amide bonds. The standard InChI is InChI=1S/C22H27Cl2N5O3S/c1-5-6-7-10-33(31,32)27-22(30)19-9-8-18-21(26-19)29(14(2)25-18)13-15-11-20(28(3)4)17(24)12-16(15)23/h8-9,11-12H,5-7,10,13H2,1-4H3,(H,27,30). The van der Waals surface area contributed by atoms with Crippen LogP contribution in [0.1, 0.15) is 48.1 Å². The van der Waals surface area contributed by atoms with Crippen molar-refractivity contribution in [2.24, 2.45) is 0 Å². The zero-order valence-corrected chi connectivity index (χ0v) is 21.4. The Morgan fingerprint density at radius 1 is 1.12 bits per heavy atom. The number of anilines is 1. The Bertz CT molecular complexity index is 1290. The van der Waals surface area contributed by atoms with E-state index in [2.05, 4.69) is 14.7 Å². The number of aromatic nitrogens is 3. The molecule has 3 aromatic rings. The third-order valence-electron chi connectivity index (χ3n) is 5.21. The number of fused-ring (bicyclic) bond motifs is 1. The summed E-state index contributed by atoms with van der Waals surface area (Å²) in [5, 5.41) is 1.04. The van der Waals surface area contributed by atoms with Crippen LogP contribution < -0.4 is 9.62 Å². The highest BCUT2D eigenvalue weighted by Gasteiger charge is 2.19. The van der Waals surface area contributed by atoms with Gasteiger partial charge in [0.15, 0.2) is 5.65 Å². The average molecular weight is 512 g/mol. The van der Waals surface area contributed by atoms with Gasteiger partial charge in [-0.15, -0.1) is 0 Å². The van der Waals surface area contributed by atoms with Gasteiger partial charge in [0.25, 0.3) is 5.91 Å². The molecule has 0 saturated carbocycles. The highest BCUT2D eigenvalue weighted by atomic mass is 35.5. The van der Waals surface area contributed by atoms with E-state index >= 15 is 0 Å². The lowest BCUT2D eigenvalue weighted by Crippen LogP contribution is -2.33. The molecule has 33 heavy (non-hydrogen) atoms. The lowest BCUT2D eigenvalue weighted by Gasteiger charge is -2.17. The summed E-state index contributed by atoms with van der Waals surface area (Å²) < 4.78 is 28.4. The van der Waals surface area contributed by atoms with E-state index in [0.29, 0.717) is 40.0 Å². The van der Waals surface area contributed by atoms with Crippen molar-refractivity contribution < 1.29 is 13.2 Å². The largest absolute Gasteiger partial charge is 0.376 e. The minimum absolute atomic E-state index is 0.00102. The van der Waals surface area contributed by atoms with Gasteiger partial charge in [-0.05, 0) is 43.2 Å². The Labute approximate surface area is 204 Å². The van der Waals surface area contributed by atoms with Crippen molar-refractivity contribution in [3.63, 3.8) is 0 Å². The minimum Gasteiger partial charge on any atom is -0.376 e. The Hall–Kier alpha value is -2.36. The lowest BCUT2D eigenvalue weighted by molar-refractivity contribution is 0.0977. The van der Waals surface area contributed by atoms with Crippen molar-refractivity contribution in [1.82, 2.24) is 19.3 Å². The summed E-state index contributed by atoms with van der Waals surface area (Å²) in [5.74, 6) is -0.187. The number of nitrogens with one attached hydrogen (secondary N) is 1. The molecule has 0 spiro atoms. The van der Waals surface area contributed by atoms with Gasteiger partial charge >= 0.3 is 0 Å². The summed E-state index contributed by atoms with van der Waals surface area (Å²) in [7, 11) is 0.0497. The van der Waals surface area contributed by atoms with Crippen LogP contribution in [0, 0.1) is 6.92 Å². The third kappa shape index (κ3) is 5.96. The molecule has 3 rings (SSSR count). The maximum Gasteiger partial charge on any atom is 0.283 e. The van der Waals surface area contributed by atoms with Crippen LogP contribution in [0.25, 0.3) is 11.2 Å². The summed E-state index contributed by atoms with van der Waals surface area (Å²) in [6.07, 6.45) is 2.16. The molecule has 8 nitrogen and oxygen atoms in total. The van der Waals surface area contributed by atoms with E-state index in [0.717, 1.165) is 24.1 Å². The molecule has 0 saturated heterocycles. The van der Waals surface area contributed by atoms with Crippen LogP contribution in [0.15, 0.2) is 24.3 Å². The highest BCUT2D eigenvalue weighted by molar-refractivity contribution is 7.90. The molecule has 0 bridgehead atoms. The van der Waals surface area contributed by atoms with Gasteiger partial charge in [-0.1, -0.05) is 43.0 Å². The Morgan fingerprint density at radius 2 is 1.85 bits per heavy atom. The van der Waals surface area contributed by atoms with Crippen LogP contribution in [-0.4, -0.2) is 48.7 Å². The predicted octanol–water partition coefficient (Wildman–Crippen LogP) is 4.41. The van der Waals surface area contributed by atoms with Gasteiger partial charge in [-0.25, -0.2) is 23.1 Å². The lowest BCUT2D eigenvalue weighted by atomic mass is 10.2. The molecule has 2 heterocycles. The summed E-state index contributed by atoms with van der Waals surface area (Å²) in [6.45, 7) is 4.16. The first-order valence-electron chi connectivity index (χ1n) is 10.6. The molecule has 0 fully saturated rings. The molecule has 0 radical (unpaired) electrons. The molecule has 0 aliphatic carbocycles. The van der Waals surface area contributed by atoms with Crippen LogP contribution in [0.5, 0.6) is 0 Å². The van der Waals surface area contributed by atoms with Crippen LogP contribution >= 0.6 is 23.2 Å². The Morgan fingerprint density at radius 3 is 2.52 bits per heavy atom. The number of unbranched alkanes of at least 4 members (excludes halogenated alkanes) is 2. The number of nitrogens with zero attached hydrogens (tertiary/aromatic N) is 4. The Kier molecular flexibility index (Phi) is 7.87. The van der Waals surface area contributed by atoms with Crippen molar-refractivity contribution >= 4 is 56.0 Å². The number of halogens is 2. The number of hydrogen-bond donors (Lipinski definition) is 1. The molecular formula is C22H27Cl2N5O3S. The number of amides is 1. The number of carbonyl (C=O) groups is 1. The fourth-order valence-corrected chi connectivity index (χ4v) is 5.12. The summed E-state index contributed by atoms with van der Waals surface area (Å²) in [6, 6.07) is 6.71. The van der Waals surface area contributed by atoms with E-state index in [-0.39, 0.29) is 11.4 Å². The topological polar surface area (TPSA) is 97.2 Å². The van der Waals surface area contributed by atoms with E-state index in [9.17, 15) is 13.2 Å². The van der Waals surface area contributed by atoms with E-state index < -0.39 is 15.9 Å². The molecule has 11 heteroatoms. The van der Waals surface area contributed by atoms with Crippen LogP contribution in [0.3, 0.4) is 0 Å². The SMILES string of the molecule is CCCCCS(=O)(=O)NC(=O)c1ccc2nc(C)n(Cc3cc(N(C)C)c(Cl)cc3Cl)c2n1. The Balaban J connectivity index is 1.93. The quantitative estimate of drug-likeness (QED) is 0.427. The first kappa shape index (κ1) is 25.3. The van der Waals surface area contributed by atoms with E-state index in [4.69, 9.17) is 23.2 Å². The van der Waals surface area contributed by atoms with Crippen molar-refractivity contribution in [2.75, 3.05) is 24.7 Å².